The van der Waals surface area contributed by atoms with Crippen LogP contribution >= 0.6 is 0 Å². The summed E-state index contributed by atoms with van der Waals surface area (Å²) in [4.78, 5) is 8.97. The zero-order valence-electron chi connectivity index (χ0n) is 10.5. The molecule has 0 bridgehead atoms. The van der Waals surface area contributed by atoms with Gasteiger partial charge in [-0.3, -0.25) is 0 Å². The van der Waals surface area contributed by atoms with Gasteiger partial charge in [0.25, 0.3) is 0 Å². The molecule has 0 saturated carbocycles. The highest BCUT2D eigenvalue weighted by atomic mass is 32.3. The van der Waals surface area contributed by atoms with Gasteiger partial charge in [0, 0.05) is 0 Å². The molecule has 0 atom stereocenters. The normalized spacial score (nSPS) is 11.9. The summed E-state index contributed by atoms with van der Waals surface area (Å²) in [7, 11) is -4.20. The fourth-order valence-corrected chi connectivity index (χ4v) is 1.41. The topological polar surface area (TPSA) is 71.1 Å². The van der Waals surface area contributed by atoms with Crippen molar-refractivity contribution in [2.45, 2.75) is 52.4 Å². The molecular weight excluding hydrogens is 248 g/mol. The van der Waals surface area contributed by atoms with Crippen molar-refractivity contribution < 1.29 is 26.9 Å². The molecule has 0 saturated heterocycles. The molecule has 0 aliphatic carbocycles. The Kier molecular flexibility index (Phi) is 10.8. The van der Waals surface area contributed by atoms with Crippen LogP contribution in [-0.4, -0.2) is 21.6 Å². The summed E-state index contributed by atoms with van der Waals surface area (Å²) in [5, 5.41) is 0. The summed E-state index contributed by atoms with van der Waals surface area (Å²) in [6, 6.07) is 0. The average molecular weight is 270 g/mol. The van der Waals surface area contributed by atoms with E-state index in [0.29, 0.717) is 0 Å². The van der Waals surface area contributed by atoms with Crippen LogP contribution in [0.25, 0.3) is 0 Å². The Morgan fingerprint density at radius 1 is 0.765 bits per heavy atom. The molecule has 0 fully saturated rings. The van der Waals surface area contributed by atoms with Crippen molar-refractivity contribution in [2.75, 3.05) is 13.2 Å². The van der Waals surface area contributed by atoms with Crippen LogP contribution in [0.4, 0.5) is 0 Å². The molecule has 0 aromatic carbocycles. The molecule has 6 nitrogen and oxygen atoms in total. The first-order chi connectivity index (χ1) is 8.12. The summed E-state index contributed by atoms with van der Waals surface area (Å²) in [6.07, 6.45) is 5.43. The van der Waals surface area contributed by atoms with Crippen molar-refractivity contribution in [1.29, 1.82) is 0 Å². The lowest BCUT2D eigenvalue weighted by Crippen LogP contribution is -2.12. The molecule has 17 heavy (non-hydrogen) atoms. The molecule has 0 spiro atoms. The van der Waals surface area contributed by atoms with Gasteiger partial charge in [0.05, 0.1) is 13.2 Å². The molecule has 0 radical (unpaired) electrons. The van der Waals surface area contributed by atoms with Gasteiger partial charge in [0.2, 0.25) is 0 Å². The third kappa shape index (κ3) is 12.0. The van der Waals surface area contributed by atoms with Gasteiger partial charge in [0.1, 0.15) is 0 Å². The average Bonchev–Trinajstić information content (AvgIpc) is 2.28. The molecule has 0 heterocycles. The van der Waals surface area contributed by atoms with Crippen LogP contribution in [0.1, 0.15) is 52.4 Å². The van der Waals surface area contributed by atoms with E-state index in [4.69, 9.17) is 0 Å². The first-order valence-corrected chi connectivity index (χ1v) is 7.32. The van der Waals surface area contributed by atoms with E-state index < -0.39 is 10.4 Å². The predicted octanol–water partition coefficient (Wildman–Crippen LogP) is 2.51. The van der Waals surface area contributed by atoms with E-state index in [1.54, 1.807) is 0 Å². The largest absolute Gasteiger partial charge is 0.453 e. The van der Waals surface area contributed by atoms with Gasteiger partial charge >= 0.3 is 10.4 Å². The number of unbranched alkanes of at least 4 members (excludes halogenated alkanes) is 4. The summed E-state index contributed by atoms with van der Waals surface area (Å²) < 4.78 is 30.2. The van der Waals surface area contributed by atoms with Crippen LogP contribution in [-0.2, 0) is 28.8 Å². The van der Waals surface area contributed by atoms with Crippen molar-refractivity contribution >= 4 is 10.4 Å². The lowest BCUT2D eigenvalue weighted by atomic mass is 10.3. The summed E-state index contributed by atoms with van der Waals surface area (Å²) in [5.74, 6) is 0. The Labute approximate surface area is 103 Å². The molecule has 0 N–H and O–H groups in total. The Bertz CT molecular complexity index is 232. The lowest BCUT2D eigenvalue weighted by molar-refractivity contribution is -0.259. The van der Waals surface area contributed by atoms with Crippen LogP contribution in [0, 0.1) is 0 Å². The Hall–Kier alpha value is -0.210. The zero-order chi connectivity index (χ0) is 13.0. The van der Waals surface area contributed by atoms with Crippen molar-refractivity contribution in [1.82, 2.24) is 0 Å². The Morgan fingerprint density at radius 3 is 1.53 bits per heavy atom. The van der Waals surface area contributed by atoms with Crippen LogP contribution in [0.5, 0.6) is 0 Å². The highest BCUT2D eigenvalue weighted by molar-refractivity contribution is 7.81. The SMILES string of the molecule is CCCCCOOS(=O)(=O)OOCCCCC. The minimum Gasteiger partial charge on any atom is -0.218 e. The van der Waals surface area contributed by atoms with Crippen LogP contribution in [0.2, 0.25) is 0 Å². The quantitative estimate of drug-likeness (QED) is 0.308. The molecule has 0 aliphatic rings. The second-order valence-electron chi connectivity index (χ2n) is 3.60. The minimum absolute atomic E-state index is 0.215. The van der Waals surface area contributed by atoms with Gasteiger partial charge in [-0.2, -0.15) is 8.42 Å². The van der Waals surface area contributed by atoms with E-state index in [2.05, 4.69) is 18.4 Å². The Morgan fingerprint density at radius 2 is 1.18 bits per heavy atom. The smallest absolute Gasteiger partial charge is 0.218 e. The summed E-state index contributed by atoms with van der Waals surface area (Å²) in [5.41, 5.74) is 0. The minimum atomic E-state index is -4.20. The van der Waals surface area contributed by atoms with Crippen molar-refractivity contribution in [3.8, 4) is 0 Å². The zero-order valence-corrected chi connectivity index (χ0v) is 11.3. The summed E-state index contributed by atoms with van der Waals surface area (Å²) in [6.45, 7) is 4.49. The van der Waals surface area contributed by atoms with Crippen LogP contribution in [0.3, 0.4) is 0 Å². The summed E-state index contributed by atoms with van der Waals surface area (Å²) >= 11 is 0. The first kappa shape index (κ1) is 16.8. The van der Waals surface area contributed by atoms with E-state index in [-0.39, 0.29) is 13.2 Å². The van der Waals surface area contributed by atoms with E-state index in [1.165, 1.54) is 0 Å². The maximum atomic E-state index is 11.0. The van der Waals surface area contributed by atoms with Crippen molar-refractivity contribution in [3.05, 3.63) is 0 Å². The van der Waals surface area contributed by atoms with Gasteiger partial charge in [-0.05, 0) is 12.8 Å². The number of rotatable bonds is 12. The monoisotopic (exact) mass is 270 g/mol. The molecule has 0 aliphatic heterocycles. The van der Waals surface area contributed by atoms with Gasteiger partial charge in [-0.25, -0.2) is 9.78 Å². The standard InChI is InChI=1S/C10H22O6S/c1-3-5-7-9-13-15-17(11,12)16-14-10-8-6-4-2/h3-10H2,1-2H3. The van der Waals surface area contributed by atoms with E-state index >= 15 is 0 Å². The van der Waals surface area contributed by atoms with E-state index in [9.17, 15) is 8.42 Å². The van der Waals surface area contributed by atoms with Gasteiger partial charge in [-0.1, -0.05) is 48.2 Å². The molecule has 7 heteroatoms. The van der Waals surface area contributed by atoms with E-state index in [0.717, 1.165) is 38.5 Å². The lowest BCUT2D eigenvalue weighted by Gasteiger charge is -2.04. The fourth-order valence-electron chi connectivity index (χ4n) is 1.02. The third-order valence-electron chi connectivity index (χ3n) is 1.93. The first-order valence-electron chi connectivity index (χ1n) is 5.99. The highest BCUT2D eigenvalue weighted by Crippen LogP contribution is 2.02. The van der Waals surface area contributed by atoms with Gasteiger partial charge < -0.3 is 0 Å². The van der Waals surface area contributed by atoms with Crippen molar-refractivity contribution in [3.63, 3.8) is 0 Å². The third-order valence-corrected chi connectivity index (χ3v) is 2.45. The van der Waals surface area contributed by atoms with Gasteiger partial charge in [0.15, 0.2) is 0 Å². The maximum absolute atomic E-state index is 11.0. The Balaban J connectivity index is 3.46. The van der Waals surface area contributed by atoms with Crippen molar-refractivity contribution in [2.24, 2.45) is 0 Å². The fraction of sp³-hybridized carbons (Fsp3) is 1.00. The molecule has 0 amide bonds. The highest BCUT2D eigenvalue weighted by Gasteiger charge is 2.14. The van der Waals surface area contributed by atoms with Crippen LogP contribution < -0.4 is 0 Å². The predicted molar refractivity (Wildman–Crippen MR) is 62.0 cm³/mol. The molecule has 104 valence electrons. The molecule has 0 unspecified atom stereocenters. The molecule has 0 rings (SSSR count). The van der Waals surface area contributed by atoms with E-state index in [1.807, 2.05) is 13.8 Å². The van der Waals surface area contributed by atoms with Crippen LogP contribution in [0.15, 0.2) is 0 Å². The maximum Gasteiger partial charge on any atom is 0.453 e. The van der Waals surface area contributed by atoms with Gasteiger partial charge in [-0.15, -0.1) is 0 Å². The molecular formula is C10H22O6S. The number of hydrogen-bond donors (Lipinski definition) is 0. The molecule has 0 aromatic rings. The second kappa shape index (κ2) is 10.9. The molecule has 0 aromatic heterocycles. The number of hydrogen-bond acceptors (Lipinski definition) is 6. The second-order valence-corrected chi connectivity index (χ2v) is 4.69.